The van der Waals surface area contributed by atoms with Gasteiger partial charge in [0.25, 0.3) is 11.8 Å². The summed E-state index contributed by atoms with van der Waals surface area (Å²) < 4.78 is 35.3. The number of fused-ring (bicyclic) bond motifs is 5. The summed E-state index contributed by atoms with van der Waals surface area (Å²) in [7, 11) is -1.77. The molecular weight excluding hydrogens is 556 g/mol. The number of hydrogen-bond donors (Lipinski definition) is 1. The van der Waals surface area contributed by atoms with Gasteiger partial charge in [-0.3, -0.25) is 14.4 Å². The predicted octanol–water partition coefficient (Wildman–Crippen LogP) is 4.08. The van der Waals surface area contributed by atoms with E-state index in [9.17, 15) is 18.0 Å². The van der Waals surface area contributed by atoms with E-state index in [4.69, 9.17) is 9.57 Å². The minimum absolute atomic E-state index is 0.0235. The Hall–Kier alpha value is -3.51. The average Bonchev–Trinajstić information content (AvgIpc) is 3.23. The molecule has 222 valence electrons. The van der Waals surface area contributed by atoms with Crippen LogP contribution in [0, 0.1) is 0 Å². The molecular formula is C31H36N4O6S. The standard InChI is InChI=1S/C31H36N4O6S/c1-33(40-2)42(38,39)32-30(36)23-12-13-26-27(19-23)35-20-24(31(37)34-14-16-41-17-15-34)18-22-10-6-7-11-25(22)29(35)28(26)21-8-4-3-5-9-21/h6-7,10-13,18-19,21H,3-5,8-9,14-17,20H2,1-2H3,(H,32,36). The van der Waals surface area contributed by atoms with Crippen LogP contribution in [0.5, 0.6) is 0 Å². The van der Waals surface area contributed by atoms with Gasteiger partial charge in [-0.15, -0.1) is 0 Å². The number of amides is 2. The molecule has 1 aliphatic carbocycles. The van der Waals surface area contributed by atoms with E-state index in [-0.39, 0.29) is 11.5 Å². The molecule has 0 spiro atoms. The lowest BCUT2D eigenvalue weighted by molar-refractivity contribution is -0.131. The van der Waals surface area contributed by atoms with E-state index >= 15 is 0 Å². The van der Waals surface area contributed by atoms with Crippen LogP contribution in [0.3, 0.4) is 0 Å². The van der Waals surface area contributed by atoms with E-state index in [1.54, 1.807) is 12.1 Å². The van der Waals surface area contributed by atoms with Gasteiger partial charge in [-0.2, -0.15) is 8.42 Å². The highest BCUT2D eigenvalue weighted by molar-refractivity contribution is 7.87. The molecule has 3 aliphatic rings. The number of morpholine rings is 1. The van der Waals surface area contributed by atoms with Gasteiger partial charge in [-0.05, 0) is 48.1 Å². The van der Waals surface area contributed by atoms with Crippen molar-refractivity contribution in [2.45, 2.75) is 44.6 Å². The molecule has 0 radical (unpaired) electrons. The van der Waals surface area contributed by atoms with Crippen molar-refractivity contribution in [1.29, 1.82) is 0 Å². The van der Waals surface area contributed by atoms with Crippen molar-refractivity contribution in [2.24, 2.45) is 0 Å². The van der Waals surface area contributed by atoms with Gasteiger partial charge >= 0.3 is 10.2 Å². The number of carbonyl (C=O) groups is 2. The summed E-state index contributed by atoms with van der Waals surface area (Å²) >= 11 is 0. The highest BCUT2D eigenvalue weighted by Gasteiger charge is 2.32. The quantitative estimate of drug-likeness (QED) is 0.432. The molecule has 1 saturated heterocycles. The summed E-state index contributed by atoms with van der Waals surface area (Å²) in [5.74, 6) is -0.438. The zero-order valence-electron chi connectivity index (χ0n) is 24.0. The number of hydroxylamine groups is 1. The second-order valence-corrected chi connectivity index (χ2v) is 12.8. The second kappa shape index (κ2) is 11.6. The number of rotatable bonds is 6. The zero-order chi connectivity index (χ0) is 29.4. The smallest absolute Gasteiger partial charge is 0.326 e. The lowest BCUT2D eigenvalue weighted by atomic mass is 9.81. The Morgan fingerprint density at radius 3 is 2.52 bits per heavy atom. The van der Waals surface area contributed by atoms with Crippen LogP contribution in [0.25, 0.3) is 28.2 Å². The normalized spacial score (nSPS) is 17.9. The number of nitrogens with zero attached hydrogens (tertiary/aromatic N) is 3. The third-order valence-electron chi connectivity index (χ3n) is 8.64. The maximum absolute atomic E-state index is 13.8. The molecule has 6 rings (SSSR count). The Morgan fingerprint density at radius 1 is 1.05 bits per heavy atom. The van der Waals surface area contributed by atoms with Crippen molar-refractivity contribution in [3.63, 3.8) is 0 Å². The van der Waals surface area contributed by atoms with Gasteiger partial charge in [0.1, 0.15) is 0 Å². The topological polar surface area (TPSA) is 110 Å². The van der Waals surface area contributed by atoms with Gasteiger partial charge in [-0.1, -0.05) is 54.1 Å². The van der Waals surface area contributed by atoms with Crippen molar-refractivity contribution in [3.05, 3.63) is 64.7 Å². The maximum Gasteiger partial charge on any atom is 0.326 e. The van der Waals surface area contributed by atoms with E-state index in [0.29, 0.717) is 48.8 Å². The summed E-state index contributed by atoms with van der Waals surface area (Å²) in [4.78, 5) is 33.6. The van der Waals surface area contributed by atoms with E-state index in [0.717, 1.165) is 53.4 Å². The van der Waals surface area contributed by atoms with E-state index in [2.05, 4.69) is 21.4 Å². The van der Waals surface area contributed by atoms with Crippen LogP contribution in [-0.2, 0) is 31.1 Å². The SMILES string of the molecule is CON(C)S(=O)(=O)NC(=O)c1ccc2c(C3CCCCC3)c3n(c2c1)CC(C(=O)N1CCOCC1)=Cc1ccccc1-3. The fraction of sp³-hybridized carbons (Fsp3) is 0.419. The number of ether oxygens (including phenoxy) is 1. The number of aromatic nitrogens is 1. The van der Waals surface area contributed by atoms with E-state index < -0.39 is 16.1 Å². The molecule has 3 aromatic rings. The molecule has 3 heterocycles. The van der Waals surface area contributed by atoms with E-state index in [1.807, 2.05) is 29.2 Å². The van der Waals surface area contributed by atoms with Crippen LogP contribution in [-0.4, -0.2) is 74.6 Å². The summed E-state index contributed by atoms with van der Waals surface area (Å²) in [6.07, 6.45) is 7.68. The minimum Gasteiger partial charge on any atom is -0.378 e. The van der Waals surface area contributed by atoms with Gasteiger partial charge in [0.15, 0.2) is 0 Å². The van der Waals surface area contributed by atoms with Crippen molar-refractivity contribution < 1.29 is 27.6 Å². The number of hydrogen-bond acceptors (Lipinski definition) is 6. The van der Waals surface area contributed by atoms with Crippen LogP contribution in [0.15, 0.2) is 48.0 Å². The highest BCUT2D eigenvalue weighted by Crippen LogP contribution is 2.46. The first kappa shape index (κ1) is 28.6. The van der Waals surface area contributed by atoms with Crippen molar-refractivity contribution >= 4 is 39.0 Å². The van der Waals surface area contributed by atoms with Crippen molar-refractivity contribution in [3.8, 4) is 11.3 Å². The Bertz CT molecular complexity index is 1670. The lowest BCUT2D eigenvalue weighted by Gasteiger charge is -2.28. The monoisotopic (exact) mass is 592 g/mol. The predicted molar refractivity (Wildman–Crippen MR) is 160 cm³/mol. The molecule has 2 fully saturated rings. The van der Waals surface area contributed by atoms with Crippen LogP contribution >= 0.6 is 0 Å². The van der Waals surface area contributed by atoms with Gasteiger partial charge < -0.3 is 14.2 Å². The van der Waals surface area contributed by atoms with Crippen LogP contribution in [0.4, 0.5) is 0 Å². The van der Waals surface area contributed by atoms with Crippen LogP contribution in [0.1, 0.15) is 59.5 Å². The molecule has 0 unspecified atom stereocenters. The van der Waals surface area contributed by atoms with E-state index in [1.165, 1.54) is 26.1 Å². The molecule has 1 saturated carbocycles. The summed E-state index contributed by atoms with van der Waals surface area (Å²) in [5.41, 5.74) is 6.01. The minimum atomic E-state index is -4.18. The van der Waals surface area contributed by atoms with Crippen LogP contribution in [0.2, 0.25) is 0 Å². The molecule has 11 heteroatoms. The van der Waals surface area contributed by atoms with Gasteiger partial charge in [0.05, 0.1) is 32.6 Å². The lowest BCUT2D eigenvalue weighted by Crippen LogP contribution is -2.41. The maximum atomic E-state index is 13.8. The zero-order valence-corrected chi connectivity index (χ0v) is 24.8. The first-order chi connectivity index (χ1) is 20.3. The van der Waals surface area contributed by atoms with Crippen LogP contribution < -0.4 is 4.72 Å². The Kier molecular flexibility index (Phi) is 7.93. The molecule has 0 bridgehead atoms. The second-order valence-electron chi connectivity index (χ2n) is 11.1. The first-order valence-corrected chi connectivity index (χ1v) is 15.9. The molecule has 0 atom stereocenters. The summed E-state index contributed by atoms with van der Waals surface area (Å²) in [5, 5.41) is 1.03. The number of carbonyl (C=O) groups excluding carboxylic acids is 2. The third kappa shape index (κ3) is 5.26. The number of nitrogens with one attached hydrogen (secondary N) is 1. The van der Waals surface area contributed by atoms with Gasteiger partial charge in [0, 0.05) is 47.7 Å². The molecule has 10 nitrogen and oxygen atoms in total. The highest BCUT2D eigenvalue weighted by atomic mass is 32.2. The van der Waals surface area contributed by atoms with Gasteiger partial charge in [0.2, 0.25) is 0 Å². The first-order valence-electron chi connectivity index (χ1n) is 14.5. The molecule has 1 aromatic heterocycles. The molecule has 2 amide bonds. The summed E-state index contributed by atoms with van der Waals surface area (Å²) in [6.45, 7) is 2.44. The molecule has 2 aliphatic heterocycles. The molecule has 42 heavy (non-hydrogen) atoms. The third-order valence-corrected chi connectivity index (χ3v) is 9.91. The number of benzene rings is 2. The van der Waals surface area contributed by atoms with Crippen molar-refractivity contribution in [1.82, 2.24) is 18.7 Å². The largest absolute Gasteiger partial charge is 0.378 e. The Labute approximate surface area is 246 Å². The summed E-state index contributed by atoms with van der Waals surface area (Å²) in [6, 6.07) is 13.5. The Balaban J connectivity index is 1.52. The van der Waals surface area contributed by atoms with Crippen molar-refractivity contribution in [2.75, 3.05) is 40.5 Å². The molecule has 1 N–H and O–H groups in total. The molecule has 2 aromatic carbocycles. The average molecular weight is 593 g/mol. The Morgan fingerprint density at radius 2 is 1.79 bits per heavy atom. The fourth-order valence-corrected chi connectivity index (χ4v) is 7.13. The fourth-order valence-electron chi connectivity index (χ4n) is 6.46. The van der Waals surface area contributed by atoms with Gasteiger partial charge in [-0.25, -0.2) is 4.72 Å².